The van der Waals surface area contributed by atoms with Crippen LogP contribution in [0.4, 0.5) is 0 Å². The maximum Gasteiger partial charge on any atom is 0.472 e. The topological polar surface area (TPSA) is 155 Å². The zero-order valence-corrected chi connectivity index (χ0v) is 46.0. The molecule has 12 heteroatoms. The number of hydrogen-bond acceptors (Lipinski definition) is 10. The Bertz CT molecular complexity index is 1620. The van der Waals surface area contributed by atoms with Crippen molar-refractivity contribution in [1.82, 2.24) is 0 Å². The van der Waals surface area contributed by atoms with Gasteiger partial charge in [0.1, 0.15) is 12.7 Å². The van der Waals surface area contributed by atoms with Crippen LogP contribution in [0, 0.1) is 0 Å². The number of carbonyl (C=O) groups excluding carboxylic acids is 3. The number of phosphoric ester groups is 1. The molecule has 0 aliphatic carbocycles. The minimum Gasteiger partial charge on any atom is -0.462 e. The Labute approximate surface area is 437 Å². The van der Waals surface area contributed by atoms with E-state index < -0.39 is 57.8 Å². The molecule has 72 heavy (non-hydrogen) atoms. The Morgan fingerprint density at radius 3 is 1.14 bits per heavy atom. The van der Waals surface area contributed by atoms with Gasteiger partial charge in [0.15, 0.2) is 6.10 Å². The first-order chi connectivity index (χ1) is 35.2. The van der Waals surface area contributed by atoms with E-state index in [9.17, 15) is 28.9 Å². The molecule has 3 unspecified atom stereocenters. The summed E-state index contributed by atoms with van der Waals surface area (Å²) in [7, 11) is -4.77. The summed E-state index contributed by atoms with van der Waals surface area (Å²) in [4.78, 5) is 48.5. The number of carbonyl (C=O) groups is 3. The lowest BCUT2D eigenvalue weighted by Crippen LogP contribution is -2.30. The Kier molecular flexibility index (Phi) is 50.6. The molecule has 0 heterocycles. The molecular formula is C60H99O11P. The second kappa shape index (κ2) is 53.4. The number of rotatable bonds is 50. The molecule has 0 aromatic heterocycles. The summed E-state index contributed by atoms with van der Waals surface area (Å²) < 4.78 is 39.4. The zero-order chi connectivity index (χ0) is 52.7. The highest BCUT2D eigenvalue weighted by Gasteiger charge is 2.28. The van der Waals surface area contributed by atoms with Gasteiger partial charge in [0, 0.05) is 19.3 Å². The maximum atomic E-state index is 12.9. The van der Waals surface area contributed by atoms with Crippen molar-refractivity contribution >= 4 is 25.7 Å². The zero-order valence-electron chi connectivity index (χ0n) is 45.1. The lowest BCUT2D eigenvalue weighted by atomic mass is 10.1. The molecule has 0 bridgehead atoms. The summed E-state index contributed by atoms with van der Waals surface area (Å²) >= 11 is 0. The average molecular weight is 1030 g/mol. The first-order valence-corrected chi connectivity index (χ1v) is 29.3. The third-order valence-electron chi connectivity index (χ3n) is 11.2. The van der Waals surface area contributed by atoms with Gasteiger partial charge >= 0.3 is 25.7 Å². The van der Waals surface area contributed by atoms with Crippen LogP contribution in [-0.2, 0) is 42.2 Å². The van der Waals surface area contributed by atoms with Gasteiger partial charge in [-0.25, -0.2) is 4.57 Å². The van der Waals surface area contributed by atoms with Crippen molar-refractivity contribution in [2.75, 3.05) is 26.4 Å². The van der Waals surface area contributed by atoms with E-state index in [0.29, 0.717) is 19.3 Å². The average Bonchev–Trinajstić information content (AvgIpc) is 3.37. The van der Waals surface area contributed by atoms with E-state index in [4.69, 9.17) is 23.3 Å². The smallest absolute Gasteiger partial charge is 0.462 e. The van der Waals surface area contributed by atoms with Crippen LogP contribution >= 0.6 is 7.82 Å². The second-order valence-corrected chi connectivity index (χ2v) is 19.4. The van der Waals surface area contributed by atoms with Crippen molar-refractivity contribution in [2.45, 2.75) is 226 Å². The number of aliphatic hydroxyl groups excluding tert-OH is 1. The van der Waals surface area contributed by atoms with Crippen molar-refractivity contribution < 1.29 is 52.2 Å². The first-order valence-electron chi connectivity index (χ1n) is 27.8. The third kappa shape index (κ3) is 51.1. The van der Waals surface area contributed by atoms with Crippen LogP contribution in [0.25, 0.3) is 0 Å². The molecule has 0 aromatic carbocycles. The number of hydrogen-bond donors (Lipinski definition) is 2. The van der Waals surface area contributed by atoms with E-state index in [2.05, 4.69) is 130 Å². The molecule has 2 N–H and O–H groups in total. The standard InChI is InChI=1S/C60H99O11P/c1-4-7-10-13-16-19-22-25-28-31-34-37-40-43-46-49-58(62)67-53-57(71-60(64)51-48-45-42-39-36-33-30-27-24-21-18-15-12-9-6-3)55-69-72(65,66)68-54-56(52-61)70-59(63)50-47-44-41-38-35-32-29-26-23-20-17-14-11-8-5-2/h7,9-10,12,16-21,25-30,34,37,56-57,61H,4-6,8,11,13-15,22-24,31-33,35-36,38-55H2,1-3H3,(H,65,66)/b10-7-,12-9-,19-16-,20-17-,21-18-,28-25-,29-26-,30-27-,37-34-. The maximum absolute atomic E-state index is 12.9. The molecule has 410 valence electrons. The number of esters is 3. The van der Waals surface area contributed by atoms with Gasteiger partial charge in [0.25, 0.3) is 0 Å². The minimum atomic E-state index is -4.77. The van der Waals surface area contributed by atoms with Crippen molar-refractivity contribution in [3.05, 3.63) is 109 Å². The molecule has 0 spiro atoms. The fourth-order valence-electron chi connectivity index (χ4n) is 6.98. The predicted molar refractivity (Wildman–Crippen MR) is 297 cm³/mol. The molecule has 0 aliphatic rings. The van der Waals surface area contributed by atoms with Crippen LogP contribution in [0.5, 0.6) is 0 Å². The number of aliphatic hydroxyl groups is 1. The molecule has 0 aromatic rings. The molecule has 11 nitrogen and oxygen atoms in total. The number of ether oxygens (including phenoxy) is 3. The first kappa shape index (κ1) is 68.1. The van der Waals surface area contributed by atoms with E-state index in [0.717, 1.165) is 135 Å². The van der Waals surface area contributed by atoms with Gasteiger partial charge in [-0.15, -0.1) is 0 Å². The highest BCUT2D eigenvalue weighted by molar-refractivity contribution is 7.47. The van der Waals surface area contributed by atoms with Crippen molar-refractivity contribution in [3.63, 3.8) is 0 Å². The summed E-state index contributed by atoms with van der Waals surface area (Å²) in [5, 5.41) is 9.80. The lowest BCUT2D eigenvalue weighted by Gasteiger charge is -2.21. The van der Waals surface area contributed by atoms with Crippen molar-refractivity contribution in [2.24, 2.45) is 0 Å². The van der Waals surface area contributed by atoms with E-state index >= 15 is 0 Å². The Morgan fingerprint density at radius 1 is 0.403 bits per heavy atom. The fourth-order valence-corrected chi connectivity index (χ4v) is 7.76. The van der Waals surface area contributed by atoms with Gasteiger partial charge in [-0.3, -0.25) is 23.4 Å². The van der Waals surface area contributed by atoms with E-state index in [1.165, 1.54) is 19.3 Å². The summed E-state index contributed by atoms with van der Waals surface area (Å²) in [6, 6.07) is 0. The summed E-state index contributed by atoms with van der Waals surface area (Å²) in [6.07, 6.45) is 63.4. The highest BCUT2D eigenvalue weighted by Crippen LogP contribution is 2.43. The number of phosphoric acid groups is 1. The fraction of sp³-hybridized carbons (Fsp3) is 0.650. The molecule has 0 rings (SSSR count). The normalized spacial score (nSPS) is 14.2. The Morgan fingerprint density at radius 2 is 0.722 bits per heavy atom. The SMILES string of the molecule is CC/C=C\C/C=C\C/C=C\C/C=C\CCCCC(=O)OCC(COP(=O)(O)OCC(CO)OC(=O)CCCCCCC/C=C\C/C=C\CCCCC)OC(=O)CCCCCCC/C=C\C/C=C\C/C=C\CC. The van der Waals surface area contributed by atoms with Crippen molar-refractivity contribution in [1.29, 1.82) is 0 Å². The highest BCUT2D eigenvalue weighted by atomic mass is 31.2. The van der Waals surface area contributed by atoms with Gasteiger partial charge in [-0.05, 0) is 122 Å². The van der Waals surface area contributed by atoms with Crippen LogP contribution in [0.3, 0.4) is 0 Å². The molecule has 0 saturated carbocycles. The largest absolute Gasteiger partial charge is 0.472 e. The van der Waals surface area contributed by atoms with Gasteiger partial charge in [-0.1, -0.05) is 182 Å². The molecule has 3 atom stereocenters. The van der Waals surface area contributed by atoms with Crippen LogP contribution in [0.1, 0.15) is 213 Å². The summed E-state index contributed by atoms with van der Waals surface area (Å²) in [5.74, 6) is -1.56. The summed E-state index contributed by atoms with van der Waals surface area (Å²) in [5.41, 5.74) is 0. The molecule has 0 amide bonds. The molecule has 0 radical (unpaired) electrons. The minimum absolute atomic E-state index is 0.132. The molecule has 0 aliphatic heterocycles. The van der Waals surface area contributed by atoms with Gasteiger partial charge < -0.3 is 24.2 Å². The van der Waals surface area contributed by atoms with Crippen LogP contribution < -0.4 is 0 Å². The molecular weight excluding hydrogens is 928 g/mol. The molecule has 0 saturated heterocycles. The van der Waals surface area contributed by atoms with Crippen LogP contribution in [0.2, 0.25) is 0 Å². The second-order valence-electron chi connectivity index (χ2n) is 18.0. The van der Waals surface area contributed by atoms with E-state index in [-0.39, 0.29) is 25.9 Å². The third-order valence-corrected chi connectivity index (χ3v) is 12.1. The van der Waals surface area contributed by atoms with Crippen LogP contribution in [0.15, 0.2) is 109 Å². The number of unbranched alkanes of at least 4 members (excludes halogenated alkanes) is 15. The van der Waals surface area contributed by atoms with Crippen LogP contribution in [-0.4, -0.2) is 66.5 Å². The quantitative estimate of drug-likeness (QED) is 0.0197. The van der Waals surface area contributed by atoms with Gasteiger partial charge in [0.05, 0.1) is 19.8 Å². The number of allylic oxidation sites excluding steroid dienone is 18. The van der Waals surface area contributed by atoms with Gasteiger partial charge in [-0.2, -0.15) is 0 Å². The monoisotopic (exact) mass is 1030 g/mol. The van der Waals surface area contributed by atoms with Crippen molar-refractivity contribution in [3.8, 4) is 0 Å². The van der Waals surface area contributed by atoms with Gasteiger partial charge in [0.2, 0.25) is 0 Å². The summed E-state index contributed by atoms with van der Waals surface area (Å²) in [6.45, 7) is 4.29. The molecule has 0 fully saturated rings. The Balaban J connectivity index is 4.83. The van der Waals surface area contributed by atoms with E-state index in [1.54, 1.807) is 0 Å². The van der Waals surface area contributed by atoms with E-state index in [1.807, 2.05) is 0 Å². The lowest BCUT2D eigenvalue weighted by molar-refractivity contribution is -0.161. The predicted octanol–water partition coefficient (Wildman–Crippen LogP) is 16.2. The Hall–Kier alpha value is -3.86.